The lowest BCUT2D eigenvalue weighted by Crippen LogP contribution is -2.28. The largest absolute Gasteiger partial charge is 0.341 e. The molecule has 0 spiro atoms. The zero-order valence-electron chi connectivity index (χ0n) is 9.73. The van der Waals surface area contributed by atoms with Crippen molar-refractivity contribution >= 4 is 16.7 Å². The minimum atomic E-state index is -0.281. The predicted octanol–water partition coefficient (Wildman–Crippen LogP) is 1.01. The number of nitrogens with one attached hydrogen (secondary N) is 1. The Morgan fingerprint density at radius 2 is 2.00 bits per heavy atom. The lowest BCUT2D eigenvalue weighted by molar-refractivity contribution is 0.0797. The molecule has 1 aromatic carbocycles. The monoisotopic (exact) mass is 231 g/mol. The minimum Gasteiger partial charge on any atom is -0.341 e. The number of fused-ring (bicyclic) bond motifs is 1. The molecular formula is C12H13N3O2. The van der Waals surface area contributed by atoms with E-state index < -0.39 is 0 Å². The normalized spacial score (nSPS) is 10.5. The van der Waals surface area contributed by atoms with E-state index in [-0.39, 0.29) is 17.2 Å². The molecule has 0 radical (unpaired) electrons. The van der Waals surface area contributed by atoms with E-state index in [1.807, 2.05) is 6.92 Å². The molecule has 1 aromatic heterocycles. The fourth-order valence-corrected chi connectivity index (χ4v) is 1.60. The van der Waals surface area contributed by atoms with Crippen LogP contribution < -0.4 is 5.56 Å². The van der Waals surface area contributed by atoms with Gasteiger partial charge in [0, 0.05) is 19.0 Å². The van der Waals surface area contributed by atoms with E-state index in [1.54, 1.807) is 36.2 Å². The van der Waals surface area contributed by atoms with Crippen LogP contribution in [0.15, 0.2) is 29.1 Å². The van der Waals surface area contributed by atoms with Crippen LogP contribution in [-0.4, -0.2) is 34.6 Å². The third-order valence-electron chi connectivity index (χ3n) is 2.72. The van der Waals surface area contributed by atoms with Crippen molar-refractivity contribution in [2.45, 2.75) is 6.92 Å². The van der Waals surface area contributed by atoms with Crippen LogP contribution >= 0.6 is 0 Å². The van der Waals surface area contributed by atoms with Gasteiger partial charge in [-0.3, -0.25) is 9.59 Å². The molecule has 0 saturated carbocycles. The molecule has 0 fully saturated rings. The SMILES string of the molecule is CCN(C)C(=O)c1n[nH]c(=O)c2ccccc12. The summed E-state index contributed by atoms with van der Waals surface area (Å²) in [7, 11) is 1.70. The number of benzene rings is 1. The van der Waals surface area contributed by atoms with E-state index in [0.717, 1.165) is 0 Å². The zero-order valence-corrected chi connectivity index (χ0v) is 9.73. The molecule has 0 unspecified atom stereocenters. The van der Waals surface area contributed by atoms with Crippen LogP contribution in [0.4, 0.5) is 0 Å². The van der Waals surface area contributed by atoms with Crippen molar-refractivity contribution < 1.29 is 4.79 Å². The molecule has 1 amide bonds. The van der Waals surface area contributed by atoms with Crippen LogP contribution in [0.3, 0.4) is 0 Å². The summed E-state index contributed by atoms with van der Waals surface area (Å²) in [6, 6.07) is 6.95. The smallest absolute Gasteiger partial charge is 0.274 e. The Hall–Kier alpha value is -2.17. The highest BCUT2D eigenvalue weighted by Crippen LogP contribution is 2.13. The van der Waals surface area contributed by atoms with Gasteiger partial charge in [-0.25, -0.2) is 5.10 Å². The lowest BCUT2D eigenvalue weighted by Gasteiger charge is -2.14. The van der Waals surface area contributed by atoms with Crippen LogP contribution in [0.1, 0.15) is 17.4 Å². The molecular weight excluding hydrogens is 218 g/mol. The topological polar surface area (TPSA) is 66.1 Å². The highest BCUT2D eigenvalue weighted by atomic mass is 16.2. The highest BCUT2D eigenvalue weighted by molar-refractivity contribution is 6.04. The van der Waals surface area contributed by atoms with Gasteiger partial charge < -0.3 is 4.90 Å². The van der Waals surface area contributed by atoms with Gasteiger partial charge in [0.25, 0.3) is 11.5 Å². The zero-order chi connectivity index (χ0) is 12.4. The summed E-state index contributed by atoms with van der Waals surface area (Å²) in [5.74, 6) is -0.194. The Kier molecular flexibility index (Phi) is 2.91. The van der Waals surface area contributed by atoms with Gasteiger partial charge in [0.2, 0.25) is 0 Å². The number of hydrogen-bond acceptors (Lipinski definition) is 3. The molecule has 0 aliphatic carbocycles. The molecule has 5 heteroatoms. The fraction of sp³-hybridized carbons (Fsp3) is 0.250. The first kappa shape index (κ1) is 11.3. The summed E-state index contributed by atoms with van der Waals surface area (Å²) in [6.45, 7) is 2.47. The Morgan fingerprint density at radius 3 is 2.65 bits per heavy atom. The molecule has 0 aliphatic rings. The van der Waals surface area contributed by atoms with Gasteiger partial charge >= 0.3 is 0 Å². The predicted molar refractivity (Wildman–Crippen MR) is 65.0 cm³/mol. The molecule has 0 bridgehead atoms. The maximum absolute atomic E-state index is 12.0. The Bertz CT molecular complexity index is 618. The quantitative estimate of drug-likeness (QED) is 0.839. The molecule has 1 heterocycles. The van der Waals surface area contributed by atoms with Crippen molar-refractivity contribution in [2.24, 2.45) is 0 Å². The van der Waals surface area contributed by atoms with Crippen LogP contribution in [0.5, 0.6) is 0 Å². The Labute approximate surface area is 98.1 Å². The third kappa shape index (κ3) is 1.91. The van der Waals surface area contributed by atoms with Crippen molar-refractivity contribution in [3.8, 4) is 0 Å². The lowest BCUT2D eigenvalue weighted by atomic mass is 10.1. The van der Waals surface area contributed by atoms with Crippen LogP contribution in [-0.2, 0) is 0 Å². The number of carbonyl (C=O) groups excluding carboxylic acids is 1. The number of aromatic amines is 1. The van der Waals surface area contributed by atoms with E-state index in [1.165, 1.54) is 0 Å². The van der Waals surface area contributed by atoms with Crippen molar-refractivity contribution in [3.05, 3.63) is 40.3 Å². The van der Waals surface area contributed by atoms with Gasteiger partial charge in [-0.15, -0.1) is 0 Å². The number of nitrogens with zero attached hydrogens (tertiary/aromatic N) is 2. The van der Waals surface area contributed by atoms with Gasteiger partial charge in [-0.2, -0.15) is 5.10 Å². The van der Waals surface area contributed by atoms with Gasteiger partial charge in [0.1, 0.15) is 0 Å². The average Bonchev–Trinajstić information content (AvgIpc) is 2.38. The van der Waals surface area contributed by atoms with E-state index >= 15 is 0 Å². The first-order chi connectivity index (χ1) is 8.15. The number of aromatic nitrogens is 2. The summed E-state index contributed by atoms with van der Waals surface area (Å²) in [6.07, 6.45) is 0. The maximum atomic E-state index is 12.0. The van der Waals surface area contributed by atoms with Gasteiger partial charge in [-0.05, 0) is 13.0 Å². The summed E-state index contributed by atoms with van der Waals surface area (Å²) in [5, 5.41) is 7.26. The van der Waals surface area contributed by atoms with Crippen LogP contribution in [0.2, 0.25) is 0 Å². The third-order valence-corrected chi connectivity index (χ3v) is 2.72. The van der Waals surface area contributed by atoms with E-state index in [0.29, 0.717) is 17.3 Å². The number of carbonyl (C=O) groups is 1. The van der Waals surface area contributed by atoms with E-state index in [9.17, 15) is 9.59 Å². The van der Waals surface area contributed by atoms with Crippen molar-refractivity contribution in [1.29, 1.82) is 0 Å². The first-order valence-corrected chi connectivity index (χ1v) is 5.38. The molecule has 0 atom stereocenters. The van der Waals surface area contributed by atoms with Crippen LogP contribution in [0, 0.1) is 0 Å². The Balaban J connectivity index is 2.67. The molecule has 1 N–H and O–H groups in total. The van der Waals surface area contributed by atoms with Gasteiger partial charge in [0.05, 0.1) is 5.39 Å². The summed E-state index contributed by atoms with van der Waals surface area (Å²) in [4.78, 5) is 25.1. The van der Waals surface area contributed by atoms with Crippen molar-refractivity contribution in [1.82, 2.24) is 15.1 Å². The van der Waals surface area contributed by atoms with Crippen LogP contribution in [0.25, 0.3) is 10.8 Å². The molecule has 88 valence electrons. The molecule has 5 nitrogen and oxygen atoms in total. The Morgan fingerprint density at radius 1 is 1.35 bits per heavy atom. The number of H-pyrrole nitrogens is 1. The summed E-state index contributed by atoms with van der Waals surface area (Å²) in [5.41, 5.74) is 0.000788. The van der Waals surface area contributed by atoms with E-state index in [2.05, 4.69) is 10.2 Å². The van der Waals surface area contributed by atoms with Gasteiger partial charge in [-0.1, -0.05) is 18.2 Å². The molecule has 2 rings (SSSR count). The summed E-state index contributed by atoms with van der Waals surface area (Å²) < 4.78 is 0. The number of hydrogen-bond donors (Lipinski definition) is 1. The minimum absolute atomic E-state index is 0.194. The average molecular weight is 231 g/mol. The first-order valence-electron chi connectivity index (χ1n) is 5.38. The van der Waals surface area contributed by atoms with Gasteiger partial charge in [0.15, 0.2) is 5.69 Å². The van der Waals surface area contributed by atoms with Crippen molar-refractivity contribution in [2.75, 3.05) is 13.6 Å². The van der Waals surface area contributed by atoms with Crippen molar-refractivity contribution in [3.63, 3.8) is 0 Å². The van der Waals surface area contributed by atoms with E-state index in [4.69, 9.17) is 0 Å². The summed E-state index contributed by atoms with van der Waals surface area (Å²) >= 11 is 0. The highest BCUT2D eigenvalue weighted by Gasteiger charge is 2.16. The number of amides is 1. The second-order valence-corrected chi connectivity index (χ2v) is 3.77. The second kappa shape index (κ2) is 4.37. The molecule has 0 aliphatic heterocycles. The molecule has 2 aromatic rings. The molecule has 17 heavy (non-hydrogen) atoms. The standard InChI is InChI=1S/C12H13N3O2/c1-3-15(2)12(17)10-8-6-4-5-7-9(8)11(16)14-13-10/h4-7H,3H2,1-2H3,(H,14,16). The fourth-order valence-electron chi connectivity index (χ4n) is 1.60. The second-order valence-electron chi connectivity index (χ2n) is 3.77. The molecule has 0 saturated heterocycles. The number of rotatable bonds is 2. The maximum Gasteiger partial charge on any atom is 0.274 e.